The summed E-state index contributed by atoms with van der Waals surface area (Å²) in [5.74, 6) is 0.893. The topological polar surface area (TPSA) is 52.0 Å². The minimum atomic E-state index is 0.541. The number of aromatic nitrogens is 3. The van der Waals surface area contributed by atoms with Gasteiger partial charge < -0.3 is 10.1 Å². The van der Waals surface area contributed by atoms with Gasteiger partial charge in [-0.2, -0.15) is 5.10 Å². The summed E-state index contributed by atoms with van der Waals surface area (Å²) < 4.78 is 7.28. The lowest BCUT2D eigenvalue weighted by Gasteiger charge is -2.04. The summed E-state index contributed by atoms with van der Waals surface area (Å²) in [6.45, 7) is 8.07. The van der Waals surface area contributed by atoms with E-state index in [1.165, 1.54) is 0 Å². The number of ether oxygens (including phenoxy) is 1. The first-order valence-corrected chi connectivity index (χ1v) is 5.03. The Morgan fingerprint density at radius 2 is 2.36 bits per heavy atom. The second-order valence-corrected chi connectivity index (χ2v) is 2.90. The van der Waals surface area contributed by atoms with E-state index < -0.39 is 0 Å². The molecular weight excluding hydrogens is 180 g/mol. The Morgan fingerprint density at radius 1 is 1.50 bits per heavy atom. The van der Waals surface area contributed by atoms with Crippen LogP contribution in [0.2, 0.25) is 0 Å². The van der Waals surface area contributed by atoms with Gasteiger partial charge in [0.15, 0.2) is 5.82 Å². The van der Waals surface area contributed by atoms with Crippen LogP contribution < -0.4 is 5.32 Å². The molecule has 0 spiro atoms. The van der Waals surface area contributed by atoms with Gasteiger partial charge in [0.1, 0.15) is 12.9 Å². The molecule has 0 aliphatic heterocycles. The molecule has 0 saturated heterocycles. The van der Waals surface area contributed by atoms with Crippen LogP contribution in [0, 0.1) is 0 Å². The molecular formula is C9H18N4O. The van der Waals surface area contributed by atoms with E-state index in [-0.39, 0.29) is 0 Å². The highest BCUT2D eigenvalue weighted by molar-refractivity contribution is 4.80. The van der Waals surface area contributed by atoms with Gasteiger partial charge in [-0.1, -0.05) is 6.92 Å². The van der Waals surface area contributed by atoms with Gasteiger partial charge in [-0.25, -0.2) is 9.67 Å². The normalized spacial score (nSPS) is 10.7. The highest BCUT2D eigenvalue weighted by atomic mass is 16.5. The van der Waals surface area contributed by atoms with E-state index >= 15 is 0 Å². The van der Waals surface area contributed by atoms with Crippen molar-refractivity contribution in [1.82, 2.24) is 20.1 Å². The molecule has 1 N–H and O–H groups in total. The molecule has 1 heterocycles. The van der Waals surface area contributed by atoms with Gasteiger partial charge in [0.2, 0.25) is 0 Å². The first-order valence-electron chi connectivity index (χ1n) is 5.03. The lowest BCUT2D eigenvalue weighted by molar-refractivity contribution is 0.114. The van der Waals surface area contributed by atoms with Gasteiger partial charge in [-0.15, -0.1) is 0 Å². The molecule has 0 atom stereocenters. The van der Waals surface area contributed by atoms with Gasteiger partial charge >= 0.3 is 0 Å². The van der Waals surface area contributed by atoms with E-state index in [0.717, 1.165) is 25.5 Å². The Bertz CT molecular complexity index is 249. The van der Waals surface area contributed by atoms with Crippen molar-refractivity contribution in [2.45, 2.75) is 27.0 Å². The highest BCUT2D eigenvalue weighted by Gasteiger charge is 2.01. The number of nitrogens with one attached hydrogen (secondary N) is 1. The van der Waals surface area contributed by atoms with Crippen molar-refractivity contribution in [3.8, 4) is 0 Å². The third-order valence-electron chi connectivity index (χ3n) is 1.90. The Balaban J connectivity index is 2.17. The molecule has 1 aromatic rings. The van der Waals surface area contributed by atoms with Gasteiger partial charge in [-0.3, -0.25) is 0 Å². The molecule has 1 aromatic heterocycles. The third kappa shape index (κ3) is 3.43. The molecule has 0 amide bonds. The summed E-state index contributed by atoms with van der Waals surface area (Å²) >= 11 is 0. The van der Waals surface area contributed by atoms with Crippen molar-refractivity contribution in [1.29, 1.82) is 0 Å². The van der Waals surface area contributed by atoms with E-state index in [2.05, 4.69) is 22.3 Å². The summed E-state index contributed by atoms with van der Waals surface area (Å²) in [5.41, 5.74) is 0. The second kappa shape index (κ2) is 6.50. The standard InChI is InChI=1S/C9H18N4O/c1-3-10-5-6-14-7-9-11-8-12-13(9)4-2/h8,10H,3-7H2,1-2H3. The molecule has 0 radical (unpaired) electrons. The first-order chi connectivity index (χ1) is 6.88. The number of rotatable bonds is 7. The van der Waals surface area contributed by atoms with Crippen molar-refractivity contribution in [3.63, 3.8) is 0 Å². The van der Waals surface area contributed by atoms with Gasteiger partial charge in [0.05, 0.1) is 6.61 Å². The average molecular weight is 198 g/mol. The summed E-state index contributed by atoms with van der Waals surface area (Å²) in [4.78, 5) is 4.11. The van der Waals surface area contributed by atoms with Crippen molar-refractivity contribution in [3.05, 3.63) is 12.2 Å². The van der Waals surface area contributed by atoms with Crippen LogP contribution in [0.4, 0.5) is 0 Å². The smallest absolute Gasteiger partial charge is 0.152 e. The fourth-order valence-corrected chi connectivity index (χ4v) is 1.15. The molecule has 1 rings (SSSR count). The molecule has 5 nitrogen and oxygen atoms in total. The van der Waals surface area contributed by atoms with E-state index in [4.69, 9.17) is 4.74 Å². The van der Waals surface area contributed by atoms with Gasteiger partial charge in [-0.05, 0) is 13.5 Å². The minimum absolute atomic E-state index is 0.541. The molecule has 0 bridgehead atoms. The maximum Gasteiger partial charge on any atom is 0.152 e. The maximum atomic E-state index is 5.44. The summed E-state index contributed by atoms with van der Waals surface area (Å²) in [5, 5.41) is 7.25. The van der Waals surface area contributed by atoms with Crippen molar-refractivity contribution in [2.24, 2.45) is 0 Å². The number of nitrogens with zero attached hydrogens (tertiary/aromatic N) is 3. The largest absolute Gasteiger partial charge is 0.372 e. The zero-order chi connectivity index (χ0) is 10.2. The van der Waals surface area contributed by atoms with Crippen LogP contribution in [-0.2, 0) is 17.9 Å². The fraction of sp³-hybridized carbons (Fsp3) is 0.778. The monoisotopic (exact) mass is 198 g/mol. The molecule has 0 aliphatic rings. The third-order valence-corrected chi connectivity index (χ3v) is 1.90. The van der Waals surface area contributed by atoms with Crippen LogP contribution in [0.5, 0.6) is 0 Å². The highest BCUT2D eigenvalue weighted by Crippen LogP contribution is 1.95. The maximum absolute atomic E-state index is 5.44. The Morgan fingerprint density at radius 3 is 3.07 bits per heavy atom. The average Bonchev–Trinajstić information content (AvgIpc) is 2.65. The molecule has 0 unspecified atom stereocenters. The van der Waals surface area contributed by atoms with Crippen LogP contribution in [-0.4, -0.2) is 34.5 Å². The SMILES string of the molecule is CCNCCOCc1ncnn1CC. The molecule has 80 valence electrons. The van der Waals surface area contributed by atoms with E-state index in [1.807, 2.05) is 11.6 Å². The molecule has 0 saturated carbocycles. The molecule has 0 fully saturated rings. The minimum Gasteiger partial charge on any atom is -0.372 e. The van der Waals surface area contributed by atoms with E-state index in [9.17, 15) is 0 Å². The summed E-state index contributed by atoms with van der Waals surface area (Å²) in [7, 11) is 0. The second-order valence-electron chi connectivity index (χ2n) is 2.90. The van der Waals surface area contributed by atoms with Gasteiger partial charge in [0.25, 0.3) is 0 Å². The Hall–Kier alpha value is -0.940. The number of aryl methyl sites for hydroxylation is 1. The molecule has 5 heteroatoms. The molecule has 14 heavy (non-hydrogen) atoms. The molecule has 0 aliphatic carbocycles. The van der Waals surface area contributed by atoms with E-state index in [0.29, 0.717) is 13.2 Å². The summed E-state index contributed by atoms with van der Waals surface area (Å²) in [6.07, 6.45) is 1.56. The van der Waals surface area contributed by atoms with Crippen molar-refractivity contribution in [2.75, 3.05) is 19.7 Å². The van der Waals surface area contributed by atoms with Crippen LogP contribution in [0.25, 0.3) is 0 Å². The summed E-state index contributed by atoms with van der Waals surface area (Å²) in [6, 6.07) is 0. The predicted molar refractivity (Wildman–Crippen MR) is 53.9 cm³/mol. The quantitative estimate of drug-likeness (QED) is 0.645. The van der Waals surface area contributed by atoms with Crippen molar-refractivity contribution >= 4 is 0 Å². The predicted octanol–water partition coefficient (Wildman–Crippen LogP) is 0.424. The Labute approximate surface area is 84.5 Å². The zero-order valence-electron chi connectivity index (χ0n) is 8.86. The molecule has 0 aromatic carbocycles. The van der Waals surface area contributed by atoms with Gasteiger partial charge in [0, 0.05) is 13.1 Å². The van der Waals surface area contributed by atoms with Crippen LogP contribution in [0.15, 0.2) is 6.33 Å². The number of likely N-dealkylation sites (N-methyl/N-ethyl adjacent to an activating group) is 1. The lowest BCUT2D eigenvalue weighted by Crippen LogP contribution is -2.19. The number of hydrogen-bond donors (Lipinski definition) is 1. The first kappa shape index (κ1) is 11.1. The van der Waals surface area contributed by atoms with Crippen LogP contribution >= 0.6 is 0 Å². The Kier molecular flexibility index (Phi) is 5.17. The lowest BCUT2D eigenvalue weighted by atomic mass is 10.6. The van der Waals surface area contributed by atoms with E-state index in [1.54, 1.807) is 6.33 Å². The van der Waals surface area contributed by atoms with Crippen LogP contribution in [0.3, 0.4) is 0 Å². The zero-order valence-corrected chi connectivity index (χ0v) is 8.86. The fourth-order valence-electron chi connectivity index (χ4n) is 1.15. The van der Waals surface area contributed by atoms with Crippen molar-refractivity contribution < 1.29 is 4.74 Å². The van der Waals surface area contributed by atoms with Crippen LogP contribution in [0.1, 0.15) is 19.7 Å². The number of hydrogen-bond acceptors (Lipinski definition) is 4.